The maximum atomic E-state index is 11.6. The summed E-state index contributed by atoms with van der Waals surface area (Å²) in [4.78, 5) is 5.15. The smallest absolute Gasteiger partial charge is 0.162 e. The lowest BCUT2D eigenvalue weighted by Gasteiger charge is -2.12. The standard InChI is InChI=1S/C19H19NO4S/c1-22-18-10-15-16(11-19(18)23-2)20-8-7-17(15)24-12-13-5-4-6-14(9-13)25(3)21/h4-11H,12H2,1-3H3. The van der Waals surface area contributed by atoms with Crippen LogP contribution in [0.25, 0.3) is 10.9 Å². The topological polar surface area (TPSA) is 57.7 Å². The first-order chi connectivity index (χ1) is 12.1. The quantitative estimate of drug-likeness (QED) is 0.675. The van der Waals surface area contributed by atoms with Crippen molar-refractivity contribution in [1.82, 2.24) is 4.98 Å². The highest BCUT2D eigenvalue weighted by Gasteiger charge is 2.11. The predicted molar refractivity (Wildman–Crippen MR) is 98.0 cm³/mol. The van der Waals surface area contributed by atoms with E-state index in [1.165, 1.54) is 0 Å². The Morgan fingerprint density at radius 1 is 1.00 bits per heavy atom. The van der Waals surface area contributed by atoms with E-state index in [1.807, 2.05) is 42.5 Å². The second-order valence-electron chi connectivity index (χ2n) is 5.42. The van der Waals surface area contributed by atoms with Crippen molar-refractivity contribution in [2.75, 3.05) is 20.5 Å². The van der Waals surface area contributed by atoms with Crippen LogP contribution < -0.4 is 14.2 Å². The molecule has 0 N–H and O–H groups in total. The van der Waals surface area contributed by atoms with Gasteiger partial charge in [-0.25, -0.2) is 0 Å². The molecule has 1 aromatic heterocycles. The van der Waals surface area contributed by atoms with Crippen LogP contribution >= 0.6 is 0 Å². The molecule has 3 aromatic rings. The molecule has 6 heteroatoms. The van der Waals surface area contributed by atoms with Crippen molar-refractivity contribution in [1.29, 1.82) is 0 Å². The first-order valence-corrected chi connectivity index (χ1v) is 9.24. The van der Waals surface area contributed by atoms with E-state index in [0.717, 1.165) is 21.4 Å². The van der Waals surface area contributed by atoms with Gasteiger partial charge in [0.15, 0.2) is 11.5 Å². The zero-order valence-corrected chi connectivity index (χ0v) is 15.1. The fourth-order valence-electron chi connectivity index (χ4n) is 2.55. The van der Waals surface area contributed by atoms with Gasteiger partial charge in [0.25, 0.3) is 0 Å². The number of benzene rings is 2. The lowest BCUT2D eigenvalue weighted by atomic mass is 10.1. The number of hydrogen-bond donors (Lipinski definition) is 0. The van der Waals surface area contributed by atoms with Crippen LogP contribution in [0, 0.1) is 0 Å². The molecule has 2 aromatic carbocycles. The van der Waals surface area contributed by atoms with E-state index in [2.05, 4.69) is 4.98 Å². The van der Waals surface area contributed by atoms with Gasteiger partial charge < -0.3 is 14.2 Å². The molecule has 25 heavy (non-hydrogen) atoms. The lowest BCUT2D eigenvalue weighted by Crippen LogP contribution is -1.99. The highest BCUT2D eigenvalue weighted by molar-refractivity contribution is 7.84. The highest BCUT2D eigenvalue weighted by atomic mass is 32.2. The summed E-state index contributed by atoms with van der Waals surface area (Å²) in [7, 11) is 2.17. The van der Waals surface area contributed by atoms with Crippen LogP contribution in [0.2, 0.25) is 0 Å². The van der Waals surface area contributed by atoms with E-state index in [-0.39, 0.29) is 0 Å². The molecule has 5 nitrogen and oxygen atoms in total. The molecule has 130 valence electrons. The average molecular weight is 357 g/mol. The Kier molecular flexibility index (Phi) is 5.19. The fourth-order valence-corrected chi connectivity index (χ4v) is 3.14. The molecule has 0 amide bonds. The van der Waals surface area contributed by atoms with Crippen LogP contribution in [0.3, 0.4) is 0 Å². The summed E-state index contributed by atoms with van der Waals surface area (Å²) in [5.74, 6) is 1.95. The van der Waals surface area contributed by atoms with Crippen molar-refractivity contribution >= 4 is 21.7 Å². The first-order valence-electron chi connectivity index (χ1n) is 7.68. The molecule has 1 atom stereocenters. The van der Waals surface area contributed by atoms with Crippen molar-refractivity contribution in [2.45, 2.75) is 11.5 Å². The molecule has 0 aliphatic carbocycles. The van der Waals surface area contributed by atoms with Crippen molar-refractivity contribution in [3.63, 3.8) is 0 Å². The zero-order valence-electron chi connectivity index (χ0n) is 14.3. The fraction of sp³-hybridized carbons (Fsp3) is 0.211. The molecule has 0 bridgehead atoms. The minimum Gasteiger partial charge on any atom is -0.493 e. The summed E-state index contributed by atoms with van der Waals surface area (Å²) < 4.78 is 28.3. The maximum Gasteiger partial charge on any atom is 0.162 e. The molecule has 0 spiro atoms. The van der Waals surface area contributed by atoms with Gasteiger partial charge in [-0.1, -0.05) is 12.1 Å². The molecule has 0 saturated carbocycles. The predicted octanol–water partition coefficient (Wildman–Crippen LogP) is 3.57. The minimum absolute atomic E-state index is 0.374. The third-order valence-corrected chi connectivity index (χ3v) is 4.75. The maximum absolute atomic E-state index is 11.6. The Morgan fingerprint density at radius 2 is 1.76 bits per heavy atom. The van der Waals surface area contributed by atoms with Gasteiger partial charge in [0.05, 0.1) is 19.7 Å². The molecule has 3 rings (SSSR count). The van der Waals surface area contributed by atoms with Gasteiger partial charge in [-0.05, 0) is 29.8 Å². The second-order valence-corrected chi connectivity index (χ2v) is 6.80. The van der Waals surface area contributed by atoms with Crippen molar-refractivity contribution < 1.29 is 18.4 Å². The number of hydrogen-bond acceptors (Lipinski definition) is 5. The number of fused-ring (bicyclic) bond motifs is 1. The van der Waals surface area contributed by atoms with E-state index >= 15 is 0 Å². The number of rotatable bonds is 6. The zero-order chi connectivity index (χ0) is 17.8. The molecular weight excluding hydrogens is 338 g/mol. The molecule has 0 saturated heterocycles. The molecule has 0 aliphatic rings. The molecule has 1 unspecified atom stereocenters. The third kappa shape index (κ3) is 3.74. The molecular formula is C19H19NO4S. The van der Waals surface area contributed by atoms with Crippen LogP contribution in [0.4, 0.5) is 0 Å². The van der Waals surface area contributed by atoms with E-state index in [4.69, 9.17) is 14.2 Å². The average Bonchev–Trinajstić information content (AvgIpc) is 2.65. The summed E-state index contributed by atoms with van der Waals surface area (Å²) in [6.45, 7) is 0.374. The van der Waals surface area contributed by atoms with Gasteiger partial charge in [-0.3, -0.25) is 9.19 Å². The van der Waals surface area contributed by atoms with E-state index in [1.54, 1.807) is 26.7 Å². The third-order valence-electron chi connectivity index (χ3n) is 3.83. The monoisotopic (exact) mass is 357 g/mol. The number of aromatic nitrogens is 1. The molecule has 1 heterocycles. The van der Waals surface area contributed by atoms with Crippen LogP contribution in [0.15, 0.2) is 53.6 Å². The lowest BCUT2D eigenvalue weighted by molar-refractivity contribution is 0.309. The SMILES string of the molecule is COc1cc2nccc(OCc3cccc(S(C)=O)c3)c2cc1OC. The van der Waals surface area contributed by atoms with E-state index in [0.29, 0.717) is 23.9 Å². The van der Waals surface area contributed by atoms with Gasteiger partial charge >= 0.3 is 0 Å². The molecule has 0 fully saturated rings. The normalized spacial score (nSPS) is 12.0. The number of pyridine rings is 1. The van der Waals surface area contributed by atoms with Crippen LogP contribution in [0.1, 0.15) is 5.56 Å². The summed E-state index contributed by atoms with van der Waals surface area (Å²) >= 11 is 0. The van der Waals surface area contributed by atoms with Gasteiger partial charge in [-0.15, -0.1) is 0 Å². The summed E-state index contributed by atoms with van der Waals surface area (Å²) in [6.07, 6.45) is 3.36. The van der Waals surface area contributed by atoms with Gasteiger partial charge in [0, 0.05) is 39.6 Å². The Morgan fingerprint density at radius 3 is 2.48 bits per heavy atom. The Labute approximate surface area is 149 Å². The minimum atomic E-state index is -1.01. The van der Waals surface area contributed by atoms with Crippen molar-refractivity contribution in [2.24, 2.45) is 0 Å². The highest BCUT2D eigenvalue weighted by Crippen LogP contribution is 2.35. The van der Waals surface area contributed by atoms with Crippen LogP contribution in [0.5, 0.6) is 17.2 Å². The molecule has 0 aliphatic heterocycles. The summed E-state index contributed by atoms with van der Waals surface area (Å²) in [5.41, 5.74) is 1.72. The second kappa shape index (κ2) is 7.53. The van der Waals surface area contributed by atoms with Crippen LogP contribution in [-0.2, 0) is 17.4 Å². The Hall–Kier alpha value is -2.60. The van der Waals surface area contributed by atoms with Crippen LogP contribution in [-0.4, -0.2) is 29.7 Å². The Balaban J connectivity index is 1.91. The van der Waals surface area contributed by atoms with Crippen molar-refractivity contribution in [3.05, 3.63) is 54.2 Å². The summed E-state index contributed by atoms with van der Waals surface area (Å²) in [5, 5.41) is 0.843. The van der Waals surface area contributed by atoms with Crippen molar-refractivity contribution in [3.8, 4) is 17.2 Å². The summed E-state index contributed by atoms with van der Waals surface area (Å²) in [6, 6.07) is 13.1. The van der Waals surface area contributed by atoms with Gasteiger partial charge in [-0.2, -0.15) is 0 Å². The molecule has 0 radical (unpaired) electrons. The number of nitrogens with zero attached hydrogens (tertiary/aromatic N) is 1. The van der Waals surface area contributed by atoms with Gasteiger partial charge in [0.2, 0.25) is 0 Å². The van der Waals surface area contributed by atoms with Gasteiger partial charge in [0.1, 0.15) is 12.4 Å². The first kappa shape index (κ1) is 17.2. The van der Waals surface area contributed by atoms with E-state index < -0.39 is 10.8 Å². The number of ether oxygens (including phenoxy) is 3. The largest absolute Gasteiger partial charge is 0.493 e. The Bertz CT molecular complexity index is 926. The van der Waals surface area contributed by atoms with E-state index in [9.17, 15) is 4.21 Å². The number of methoxy groups -OCH3 is 2.